The quantitative estimate of drug-likeness (QED) is 0.548. The van der Waals surface area contributed by atoms with Gasteiger partial charge in [0.1, 0.15) is 15.9 Å². The zero-order chi connectivity index (χ0) is 18.4. The standard InChI is InChI=1S/C16H15ClN2O4S2/c1-8-18-19-16(24-8)13(14(20)9-3-4-9)15(21)11-6-5-10(7-12(11)17)25(2,22)23/h5-7,9,13H,3-4H2,1-2H3. The molecular formula is C16H15ClN2O4S2. The molecule has 1 atom stereocenters. The van der Waals surface area contributed by atoms with Crippen LogP contribution in [0.25, 0.3) is 0 Å². The zero-order valence-electron chi connectivity index (χ0n) is 13.5. The number of Topliss-reactive ketones (excluding diaryl/α,β-unsaturated/α-hetero) is 2. The number of hydrogen-bond donors (Lipinski definition) is 0. The monoisotopic (exact) mass is 398 g/mol. The predicted molar refractivity (Wildman–Crippen MR) is 94.0 cm³/mol. The van der Waals surface area contributed by atoms with Crippen molar-refractivity contribution >= 4 is 44.3 Å². The van der Waals surface area contributed by atoms with Crippen LogP contribution in [0, 0.1) is 12.8 Å². The number of hydrogen-bond acceptors (Lipinski definition) is 7. The van der Waals surface area contributed by atoms with Crippen molar-refractivity contribution in [3.05, 3.63) is 38.8 Å². The molecule has 0 amide bonds. The van der Waals surface area contributed by atoms with E-state index >= 15 is 0 Å². The van der Waals surface area contributed by atoms with E-state index in [1.165, 1.54) is 29.5 Å². The number of carbonyl (C=O) groups excluding carboxylic acids is 2. The average molecular weight is 399 g/mol. The average Bonchev–Trinajstić information content (AvgIpc) is 3.29. The lowest BCUT2D eigenvalue weighted by molar-refractivity contribution is -0.120. The van der Waals surface area contributed by atoms with Gasteiger partial charge in [-0.3, -0.25) is 9.59 Å². The van der Waals surface area contributed by atoms with Crippen LogP contribution in [0.1, 0.15) is 39.1 Å². The minimum Gasteiger partial charge on any atom is -0.298 e. The van der Waals surface area contributed by atoms with Crippen LogP contribution < -0.4 is 0 Å². The third kappa shape index (κ3) is 3.80. The van der Waals surface area contributed by atoms with Gasteiger partial charge in [-0.15, -0.1) is 21.5 Å². The van der Waals surface area contributed by atoms with E-state index in [1.54, 1.807) is 6.92 Å². The maximum absolute atomic E-state index is 13.0. The van der Waals surface area contributed by atoms with Gasteiger partial charge in [-0.25, -0.2) is 8.42 Å². The van der Waals surface area contributed by atoms with E-state index in [4.69, 9.17) is 11.6 Å². The first-order chi connectivity index (χ1) is 11.7. The lowest BCUT2D eigenvalue weighted by Gasteiger charge is -2.13. The summed E-state index contributed by atoms with van der Waals surface area (Å²) in [4.78, 5) is 25.7. The molecule has 0 radical (unpaired) electrons. The van der Waals surface area contributed by atoms with Crippen molar-refractivity contribution in [1.29, 1.82) is 0 Å². The molecule has 1 aliphatic carbocycles. The van der Waals surface area contributed by atoms with Crippen molar-refractivity contribution in [3.63, 3.8) is 0 Å². The number of sulfone groups is 1. The third-order valence-electron chi connectivity index (χ3n) is 3.95. The molecule has 1 heterocycles. The second kappa shape index (κ2) is 6.59. The van der Waals surface area contributed by atoms with Crippen molar-refractivity contribution in [3.8, 4) is 0 Å². The molecular weight excluding hydrogens is 384 g/mol. The van der Waals surface area contributed by atoms with Crippen LogP contribution in [0.4, 0.5) is 0 Å². The third-order valence-corrected chi connectivity index (χ3v) is 6.28. The number of rotatable bonds is 6. The molecule has 0 N–H and O–H groups in total. The molecule has 1 saturated carbocycles. The van der Waals surface area contributed by atoms with E-state index in [-0.39, 0.29) is 27.2 Å². The molecule has 0 aliphatic heterocycles. The van der Waals surface area contributed by atoms with Gasteiger partial charge in [-0.2, -0.15) is 0 Å². The first kappa shape index (κ1) is 18.2. The highest BCUT2D eigenvalue weighted by atomic mass is 35.5. The second-order valence-corrected chi connectivity index (χ2v) is 9.68. The van der Waals surface area contributed by atoms with E-state index < -0.39 is 21.5 Å². The molecule has 9 heteroatoms. The highest BCUT2D eigenvalue weighted by Crippen LogP contribution is 2.38. The summed E-state index contributed by atoms with van der Waals surface area (Å²) in [6, 6.07) is 3.90. The molecule has 1 unspecified atom stereocenters. The maximum atomic E-state index is 13.0. The van der Waals surface area contributed by atoms with E-state index in [0.29, 0.717) is 10.0 Å². The molecule has 1 fully saturated rings. The summed E-state index contributed by atoms with van der Waals surface area (Å²) < 4.78 is 23.2. The molecule has 2 aromatic rings. The van der Waals surface area contributed by atoms with Gasteiger partial charge in [0, 0.05) is 17.7 Å². The Balaban J connectivity index is 2.02. The molecule has 6 nitrogen and oxygen atoms in total. The van der Waals surface area contributed by atoms with Crippen LogP contribution in [-0.4, -0.2) is 36.4 Å². The fourth-order valence-corrected chi connectivity index (χ4v) is 4.27. The van der Waals surface area contributed by atoms with Crippen molar-refractivity contribution in [2.24, 2.45) is 5.92 Å². The number of aryl methyl sites for hydroxylation is 1. The molecule has 1 aromatic carbocycles. The van der Waals surface area contributed by atoms with Crippen LogP contribution in [0.5, 0.6) is 0 Å². The van der Waals surface area contributed by atoms with Gasteiger partial charge >= 0.3 is 0 Å². The van der Waals surface area contributed by atoms with Gasteiger partial charge in [-0.05, 0) is 38.0 Å². The Labute approximate surface area is 154 Å². The molecule has 0 bridgehead atoms. The van der Waals surface area contributed by atoms with Crippen LogP contribution >= 0.6 is 22.9 Å². The highest BCUT2D eigenvalue weighted by Gasteiger charge is 2.41. The number of benzene rings is 1. The van der Waals surface area contributed by atoms with E-state index in [1.807, 2.05) is 0 Å². The Kier molecular flexibility index (Phi) is 4.78. The van der Waals surface area contributed by atoms with Gasteiger partial charge in [-0.1, -0.05) is 11.6 Å². The predicted octanol–water partition coefficient (Wildman–Crippen LogP) is 2.85. The van der Waals surface area contributed by atoms with Gasteiger partial charge in [0.2, 0.25) is 0 Å². The molecule has 0 spiro atoms. The Bertz CT molecular complexity index is 964. The van der Waals surface area contributed by atoms with Crippen LogP contribution in [0.3, 0.4) is 0 Å². The van der Waals surface area contributed by atoms with Gasteiger partial charge in [0.05, 0.1) is 9.92 Å². The molecule has 1 aromatic heterocycles. The van der Waals surface area contributed by atoms with Gasteiger partial charge in [0.25, 0.3) is 0 Å². The van der Waals surface area contributed by atoms with Crippen molar-refractivity contribution < 1.29 is 18.0 Å². The minimum atomic E-state index is -3.44. The first-order valence-electron chi connectivity index (χ1n) is 7.56. The number of halogens is 1. The lowest BCUT2D eigenvalue weighted by Crippen LogP contribution is -2.24. The normalized spacial score (nSPS) is 15.8. The summed E-state index contributed by atoms with van der Waals surface area (Å²) in [7, 11) is -3.44. The Morgan fingerprint density at radius 3 is 2.44 bits per heavy atom. The Morgan fingerprint density at radius 2 is 1.96 bits per heavy atom. The number of ketones is 2. The van der Waals surface area contributed by atoms with E-state index in [2.05, 4.69) is 10.2 Å². The largest absolute Gasteiger partial charge is 0.298 e. The molecule has 3 rings (SSSR count). The van der Waals surface area contributed by atoms with Crippen molar-refractivity contribution in [2.45, 2.75) is 30.6 Å². The summed E-state index contributed by atoms with van der Waals surface area (Å²) in [5, 5.41) is 8.88. The van der Waals surface area contributed by atoms with E-state index in [9.17, 15) is 18.0 Å². The minimum absolute atomic E-state index is 0.00255. The van der Waals surface area contributed by atoms with Crippen LogP contribution in [-0.2, 0) is 14.6 Å². The first-order valence-corrected chi connectivity index (χ1v) is 10.6. The van der Waals surface area contributed by atoms with E-state index in [0.717, 1.165) is 19.1 Å². The Hall–Kier alpha value is -1.64. The fraction of sp³-hybridized carbons (Fsp3) is 0.375. The smallest absolute Gasteiger partial charge is 0.181 e. The summed E-state index contributed by atoms with van der Waals surface area (Å²) in [6.07, 6.45) is 2.59. The van der Waals surface area contributed by atoms with Crippen LogP contribution in [0.2, 0.25) is 5.02 Å². The topological polar surface area (TPSA) is 94.1 Å². The summed E-state index contributed by atoms with van der Waals surface area (Å²) in [6.45, 7) is 1.75. The van der Waals surface area contributed by atoms with Crippen molar-refractivity contribution in [2.75, 3.05) is 6.26 Å². The van der Waals surface area contributed by atoms with Crippen molar-refractivity contribution in [1.82, 2.24) is 10.2 Å². The SMILES string of the molecule is Cc1nnc(C(C(=O)c2ccc(S(C)(=O)=O)cc2Cl)C(=O)C2CC2)s1. The number of nitrogens with zero attached hydrogens (tertiary/aromatic N) is 2. The van der Waals surface area contributed by atoms with Crippen LogP contribution in [0.15, 0.2) is 23.1 Å². The fourth-order valence-electron chi connectivity index (χ4n) is 2.48. The Morgan fingerprint density at radius 1 is 1.28 bits per heavy atom. The summed E-state index contributed by atoms with van der Waals surface area (Å²) in [5.74, 6) is -1.82. The van der Waals surface area contributed by atoms with Gasteiger partial charge in [0.15, 0.2) is 21.4 Å². The number of carbonyl (C=O) groups is 2. The second-order valence-electron chi connectivity index (χ2n) is 6.05. The maximum Gasteiger partial charge on any atom is 0.181 e. The summed E-state index contributed by atoms with van der Waals surface area (Å²) in [5.41, 5.74) is 0.112. The molecule has 25 heavy (non-hydrogen) atoms. The number of aromatic nitrogens is 2. The summed E-state index contributed by atoms with van der Waals surface area (Å²) >= 11 is 7.34. The molecule has 0 saturated heterocycles. The molecule has 132 valence electrons. The highest BCUT2D eigenvalue weighted by molar-refractivity contribution is 7.90. The molecule has 1 aliphatic rings. The zero-order valence-corrected chi connectivity index (χ0v) is 15.9. The van der Waals surface area contributed by atoms with Gasteiger partial charge < -0.3 is 0 Å². The lowest BCUT2D eigenvalue weighted by atomic mass is 9.92.